The van der Waals surface area contributed by atoms with E-state index in [1.54, 1.807) is 4.57 Å². The van der Waals surface area contributed by atoms with Crippen molar-refractivity contribution in [2.24, 2.45) is 0 Å². The van der Waals surface area contributed by atoms with Crippen molar-refractivity contribution in [3.8, 4) is 0 Å². The van der Waals surface area contributed by atoms with Gasteiger partial charge in [0, 0.05) is 17.6 Å². The Morgan fingerprint density at radius 3 is 2.68 bits per heavy atom. The molecule has 144 valence electrons. The maximum absolute atomic E-state index is 12.8. The van der Waals surface area contributed by atoms with E-state index in [0.717, 1.165) is 24.8 Å². The van der Waals surface area contributed by atoms with Crippen LogP contribution in [0.25, 0.3) is 10.9 Å². The van der Waals surface area contributed by atoms with Crippen LogP contribution in [0.4, 0.5) is 0 Å². The third-order valence-electron chi connectivity index (χ3n) is 4.67. The van der Waals surface area contributed by atoms with Crippen LogP contribution in [-0.4, -0.2) is 27.8 Å². The van der Waals surface area contributed by atoms with Crippen LogP contribution in [-0.2, 0) is 11.2 Å². The highest BCUT2D eigenvalue weighted by Crippen LogP contribution is 2.36. The van der Waals surface area contributed by atoms with E-state index >= 15 is 0 Å². The van der Waals surface area contributed by atoms with Crippen molar-refractivity contribution in [2.75, 3.05) is 12.3 Å². The lowest BCUT2D eigenvalue weighted by atomic mass is 10.1. The number of carbonyl (C=O) groups excluding carboxylic acids is 1. The molecule has 0 unspecified atom stereocenters. The first kappa shape index (κ1) is 19.0. The SMILES string of the molecule is O=C(CSc1nc2ccccc2c(=O)n1C1CC1)NCCc1ccc(Cl)cc1. The molecule has 1 aromatic heterocycles. The molecule has 4 rings (SSSR count). The Kier molecular flexibility index (Phi) is 5.69. The number of amides is 1. The van der Waals surface area contributed by atoms with E-state index < -0.39 is 0 Å². The van der Waals surface area contributed by atoms with E-state index in [9.17, 15) is 9.59 Å². The molecule has 3 aromatic rings. The molecule has 28 heavy (non-hydrogen) atoms. The summed E-state index contributed by atoms with van der Waals surface area (Å²) in [6, 6.07) is 15.2. The van der Waals surface area contributed by atoms with Crippen LogP contribution >= 0.6 is 23.4 Å². The molecular formula is C21H20ClN3O2S. The molecule has 0 aliphatic heterocycles. The highest BCUT2D eigenvalue weighted by atomic mass is 35.5. The van der Waals surface area contributed by atoms with Gasteiger partial charge in [-0.25, -0.2) is 4.98 Å². The fourth-order valence-corrected chi connectivity index (χ4v) is 4.08. The number of nitrogens with one attached hydrogen (secondary N) is 1. The first-order chi connectivity index (χ1) is 13.6. The van der Waals surface area contributed by atoms with Crippen LogP contribution in [0.5, 0.6) is 0 Å². The summed E-state index contributed by atoms with van der Waals surface area (Å²) >= 11 is 7.20. The van der Waals surface area contributed by atoms with Gasteiger partial charge in [0.05, 0.1) is 16.7 Å². The van der Waals surface area contributed by atoms with Gasteiger partial charge in [-0.2, -0.15) is 0 Å². The molecule has 1 amide bonds. The second-order valence-corrected chi connectivity index (χ2v) is 8.21. The zero-order chi connectivity index (χ0) is 19.5. The van der Waals surface area contributed by atoms with Gasteiger partial charge in [-0.1, -0.05) is 47.6 Å². The quantitative estimate of drug-likeness (QED) is 0.472. The standard InChI is InChI=1S/C21H20ClN3O2S/c22-15-7-5-14(6-8-15)11-12-23-19(26)13-28-21-24-18-4-2-1-3-17(18)20(27)25(21)16-9-10-16/h1-8,16H,9-13H2,(H,23,26). The third kappa shape index (κ3) is 4.39. The number of hydrogen-bond donors (Lipinski definition) is 1. The molecule has 1 saturated carbocycles. The second-order valence-electron chi connectivity index (χ2n) is 6.83. The number of para-hydroxylation sites is 1. The van der Waals surface area contributed by atoms with Crippen molar-refractivity contribution in [1.29, 1.82) is 0 Å². The van der Waals surface area contributed by atoms with Gasteiger partial charge in [0.1, 0.15) is 0 Å². The summed E-state index contributed by atoms with van der Waals surface area (Å²) in [4.78, 5) is 29.7. The average molecular weight is 414 g/mol. The predicted octanol–water partition coefficient (Wildman–Crippen LogP) is 3.84. The predicted molar refractivity (Wildman–Crippen MR) is 113 cm³/mol. The van der Waals surface area contributed by atoms with Crippen molar-refractivity contribution in [3.05, 3.63) is 69.5 Å². The van der Waals surface area contributed by atoms with E-state index in [1.165, 1.54) is 11.8 Å². The highest BCUT2D eigenvalue weighted by molar-refractivity contribution is 7.99. The van der Waals surface area contributed by atoms with Crippen LogP contribution in [0.15, 0.2) is 58.5 Å². The molecule has 2 aromatic carbocycles. The second kappa shape index (κ2) is 8.37. The molecule has 1 N–H and O–H groups in total. The highest BCUT2D eigenvalue weighted by Gasteiger charge is 2.28. The van der Waals surface area contributed by atoms with E-state index in [2.05, 4.69) is 10.3 Å². The number of benzene rings is 2. The Morgan fingerprint density at radius 1 is 1.18 bits per heavy atom. The largest absolute Gasteiger partial charge is 0.355 e. The summed E-state index contributed by atoms with van der Waals surface area (Å²) in [6.07, 6.45) is 2.72. The lowest BCUT2D eigenvalue weighted by Gasteiger charge is -2.12. The van der Waals surface area contributed by atoms with Gasteiger partial charge >= 0.3 is 0 Å². The van der Waals surface area contributed by atoms with E-state index in [1.807, 2.05) is 48.5 Å². The number of nitrogens with zero attached hydrogens (tertiary/aromatic N) is 2. The van der Waals surface area contributed by atoms with Crippen molar-refractivity contribution >= 4 is 40.2 Å². The van der Waals surface area contributed by atoms with Gasteiger partial charge < -0.3 is 5.32 Å². The minimum Gasteiger partial charge on any atom is -0.355 e. The van der Waals surface area contributed by atoms with Crippen molar-refractivity contribution in [3.63, 3.8) is 0 Å². The molecule has 0 radical (unpaired) electrons. The third-order valence-corrected chi connectivity index (χ3v) is 5.87. The van der Waals surface area contributed by atoms with E-state index in [4.69, 9.17) is 11.6 Å². The molecule has 1 aliphatic rings. The van der Waals surface area contributed by atoms with Crippen LogP contribution < -0.4 is 10.9 Å². The zero-order valence-corrected chi connectivity index (χ0v) is 16.8. The first-order valence-corrected chi connectivity index (χ1v) is 10.6. The van der Waals surface area contributed by atoms with Gasteiger partial charge in [-0.05, 0) is 49.1 Å². The topological polar surface area (TPSA) is 64.0 Å². The smallest absolute Gasteiger partial charge is 0.262 e. The summed E-state index contributed by atoms with van der Waals surface area (Å²) in [5.74, 6) is 0.168. The molecule has 1 aliphatic carbocycles. The van der Waals surface area contributed by atoms with Crippen LogP contribution in [0, 0.1) is 0 Å². The normalized spacial score (nSPS) is 13.6. The fraction of sp³-hybridized carbons (Fsp3) is 0.286. The number of rotatable bonds is 7. The lowest BCUT2D eigenvalue weighted by molar-refractivity contribution is -0.118. The maximum Gasteiger partial charge on any atom is 0.262 e. The van der Waals surface area contributed by atoms with E-state index in [-0.39, 0.29) is 23.3 Å². The monoisotopic (exact) mass is 413 g/mol. The van der Waals surface area contributed by atoms with Crippen LogP contribution in [0.2, 0.25) is 5.02 Å². The molecule has 0 atom stereocenters. The van der Waals surface area contributed by atoms with Crippen molar-refractivity contribution in [1.82, 2.24) is 14.9 Å². The number of halogens is 1. The van der Waals surface area contributed by atoms with Crippen molar-refractivity contribution in [2.45, 2.75) is 30.5 Å². The van der Waals surface area contributed by atoms with E-state index in [0.29, 0.717) is 27.6 Å². The Hall–Kier alpha value is -2.31. The fourth-order valence-electron chi connectivity index (χ4n) is 3.06. The lowest BCUT2D eigenvalue weighted by Crippen LogP contribution is -2.28. The molecule has 7 heteroatoms. The Balaban J connectivity index is 1.39. The molecule has 1 heterocycles. The number of aromatic nitrogens is 2. The van der Waals surface area contributed by atoms with Crippen LogP contribution in [0.3, 0.4) is 0 Å². The minimum atomic E-state index is -0.0660. The number of hydrogen-bond acceptors (Lipinski definition) is 4. The molecule has 0 bridgehead atoms. The summed E-state index contributed by atoms with van der Waals surface area (Å²) in [7, 11) is 0. The van der Waals surface area contributed by atoms with Gasteiger partial charge in [0.15, 0.2) is 5.16 Å². The summed E-state index contributed by atoms with van der Waals surface area (Å²) in [5.41, 5.74) is 1.78. The minimum absolute atomic E-state index is 0.0150. The number of fused-ring (bicyclic) bond motifs is 1. The van der Waals surface area contributed by atoms with Gasteiger partial charge in [0.2, 0.25) is 5.91 Å². The zero-order valence-electron chi connectivity index (χ0n) is 15.2. The molecular weight excluding hydrogens is 394 g/mol. The molecule has 1 fully saturated rings. The Labute approximate surface area is 172 Å². The van der Waals surface area contributed by atoms with Gasteiger partial charge in [-0.3, -0.25) is 14.2 Å². The molecule has 5 nitrogen and oxygen atoms in total. The van der Waals surface area contributed by atoms with Crippen LogP contribution in [0.1, 0.15) is 24.4 Å². The number of thioether (sulfide) groups is 1. The van der Waals surface area contributed by atoms with Gasteiger partial charge in [0.25, 0.3) is 5.56 Å². The summed E-state index contributed by atoms with van der Waals surface area (Å²) in [6.45, 7) is 0.557. The Bertz CT molecular complexity index is 1060. The maximum atomic E-state index is 12.8. The summed E-state index contributed by atoms with van der Waals surface area (Å²) in [5, 5.41) is 4.88. The molecule has 0 saturated heterocycles. The first-order valence-electron chi connectivity index (χ1n) is 9.27. The summed E-state index contributed by atoms with van der Waals surface area (Å²) < 4.78 is 1.76. The Morgan fingerprint density at radius 2 is 1.93 bits per heavy atom. The van der Waals surface area contributed by atoms with Crippen molar-refractivity contribution < 1.29 is 4.79 Å². The van der Waals surface area contributed by atoms with Gasteiger partial charge in [-0.15, -0.1) is 0 Å². The number of carbonyl (C=O) groups is 1. The average Bonchev–Trinajstić information content (AvgIpc) is 3.53. The molecule has 0 spiro atoms.